The Hall–Kier alpha value is -4.13. The van der Waals surface area contributed by atoms with E-state index in [0.717, 1.165) is 33.6 Å². The molecular weight excluding hydrogens is 590 g/mol. The van der Waals surface area contributed by atoms with Crippen LogP contribution in [0.5, 0.6) is 11.5 Å². The molecule has 3 aromatic carbocycles. The number of amides is 2. The van der Waals surface area contributed by atoms with Crippen molar-refractivity contribution in [1.29, 1.82) is 0 Å². The van der Waals surface area contributed by atoms with Crippen LogP contribution < -0.4 is 19.2 Å². The molecule has 3 heterocycles. The summed E-state index contributed by atoms with van der Waals surface area (Å²) >= 11 is 8.24. The second-order valence-corrected chi connectivity index (χ2v) is 12.0. The molecule has 0 aliphatic carbocycles. The molecule has 13 heteroatoms. The van der Waals surface area contributed by atoms with E-state index in [0.29, 0.717) is 32.0 Å². The number of ether oxygens (including phenoxy) is 2. The van der Waals surface area contributed by atoms with Gasteiger partial charge in [0, 0.05) is 28.0 Å². The first-order valence-corrected chi connectivity index (χ1v) is 14.4. The molecule has 3 atom stereocenters. The molecule has 0 unspecified atom stereocenters. The number of hydrogen-bond donors (Lipinski definition) is 1. The predicted octanol–water partition coefficient (Wildman–Crippen LogP) is 5.38. The molecule has 6 rings (SSSR count). The Morgan fingerprint density at radius 3 is 2.51 bits per heavy atom. The second kappa shape index (κ2) is 10.7. The maximum absolute atomic E-state index is 13.9. The van der Waals surface area contributed by atoms with Gasteiger partial charge in [0.25, 0.3) is 5.69 Å². The van der Waals surface area contributed by atoms with E-state index in [1.807, 2.05) is 12.1 Å². The highest BCUT2D eigenvalue weighted by Crippen LogP contribution is 2.53. The van der Waals surface area contributed by atoms with Gasteiger partial charge in [0.05, 0.1) is 28.7 Å². The zero-order chi connectivity index (χ0) is 28.8. The van der Waals surface area contributed by atoms with Gasteiger partial charge in [-0.2, -0.15) is 0 Å². The van der Waals surface area contributed by atoms with Crippen molar-refractivity contribution >= 4 is 57.9 Å². The number of carbonyl (C=O) groups excluding carboxylic acids is 2. The number of thioether (sulfide) groups is 1. The van der Waals surface area contributed by atoms with Gasteiger partial charge >= 0.3 is 4.87 Å². The number of nitro benzene ring substituents is 1. The van der Waals surface area contributed by atoms with E-state index < -0.39 is 33.8 Å². The molecule has 2 aliphatic heterocycles. The quantitative estimate of drug-likeness (QED) is 0.168. The Morgan fingerprint density at radius 2 is 1.80 bits per heavy atom. The first kappa shape index (κ1) is 27.1. The van der Waals surface area contributed by atoms with Gasteiger partial charge in [-0.15, -0.1) is 0 Å². The summed E-state index contributed by atoms with van der Waals surface area (Å²) in [4.78, 5) is 54.6. The summed E-state index contributed by atoms with van der Waals surface area (Å²) in [6, 6.07) is 17.9. The van der Waals surface area contributed by atoms with Crippen molar-refractivity contribution in [2.45, 2.75) is 22.8 Å². The molecule has 0 saturated carbocycles. The first-order valence-electron chi connectivity index (χ1n) is 12.3. The number of aromatic nitrogens is 1. The fraction of sp³-hybridized carbons (Fsp3) is 0.179. The SMILES string of the molecule is COc1cc([C@@H]2c3sc(=O)[nH]c3S[C@H]3C(=O)N(c4ccc([N+](=O)[O-])cc4)C(=O)[C@H]23)ccc1OCc1cccc(Cl)c1. The Bertz CT molecular complexity index is 1750. The second-order valence-electron chi connectivity index (χ2n) is 9.36. The summed E-state index contributed by atoms with van der Waals surface area (Å²) in [6.45, 7) is 0.252. The van der Waals surface area contributed by atoms with Crippen LogP contribution in [0, 0.1) is 16.0 Å². The van der Waals surface area contributed by atoms with Gasteiger partial charge in [-0.05, 0) is 47.5 Å². The van der Waals surface area contributed by atoms with Crippen LogP contribution in [0.1, 0.15) is 21.9 Å². The number of benzene rings is 3. The van der Waals surface area contributed by atoms with Crippen molar-refractivity contribution in [3.05, 3.63) is 108 Å². The Kier molecular flexibility index (Phi) is 7.06. The Balaban J connectivity index is 1.36. The number of fused-ring (bicyclic) bond motifs is 2. The van der Waals surface area contributed by atoms with Crippen molar-refractivity contribution in [3.63, 3.8) is 0 Å². The lowest BCUT2D eigenvalue weighted by Gasteiger charge is -2.30. The lowest BCUT2D eigenvalue weighted by molar-refractivity contribution is -0.384. The molecule has 2 aliphatic rings. The number of imide groups is 1. The predicted molar refractivity (Wildman–Crippen MR) is 154 cm³/mol. The molecule has 41 heavy (non-hydrogen) atoms. The largest absolute Gasteiger partial charge is 0.493 e. The van der Waals surface area contributed by atoms with Gasteiger partial charge in [0.15, 0.2) is 11.5 Å². The van der Waals surface area contributed by atoms with E-state index in [9.17, 15) is 24.5 Å². The Morgan fingerprint density at radius 1 is 1.02 bits per heavy atom. The summed E-state index contributed by atoms with van der Waals surface area (Å²) in [6.07, 6.45) is 0. The molecule has 2 amide bonds. The van der Waals surface area contributed by atoms with E-state index in [2.05, 4.69) is 4.98 Å². The molecule has 4 aromatic rings. The summed E-state index contributed by atoms with van der Waals surface area (Å²) < 4.78 is 11.6. The third-order valence-corrected chi connectivity index (χ3v) is 9.61. The van der Waals surface area contributed by atoms with Gasteiger partial charge in [-0.1, -0.05) is 52.9 Å². The number of rotatable bonds is 7. The topological polar surface area (TPSA) is 132 Å². The van der Waals surface area contributed by atoms with Crippen molar-refractivity contribution in [2.24, 2.45) is 5.92 Å². The number of anilines is 1. The number of non-ortho nitro benzene ring substituents is 1. The first-order chi connectivity index (χ1) is 19.7. The third kappa shape index (κ3) is 4.88. The van der Waals surface area contributed by atoms with Gasteiger partial charge in [0.1, 0.15) is 11.9 Å². The van der Waals surface area contributed by atoms with Crippen molar-refractivity contribution in [3.8, 4) is 11.5 Å². The molecule has 0 bridgehead atoms. The number of hydrogen-bond acceptors (Lipinski definition) is 9. The van der Waals surface area contributed by atoms with Crippen LogP contribution in [0.15, 0.2) is 76.6 Å². The van der Waals surface area contributed by atoms with Crippen LogP contribution >= 0.6 is 34.7 Å². The highest BCUT2D eigenvalue weighted by molar-refractivity contribution is 8.00. The smallest absolute Gasteiger partial charge is 0.305 e. The van der Waals surface area contributed by atoms with Crippen LogP contribution in [0.3, 0.4) is 0 Å². The number of methoxy groups -OCH3 is 1. The minimum Gasteiger partial charge on any atom is -0.493 e. The number of carbonyl (C=O) groups is 2. The lowest BCUT2D eigenvalue weighted by atomic mass is 9.83. The van der Waals surface area contributed by atoms with Crippen molar-refractivity contribution in [2.75, 3.05) is 12.0 Å². The number of nitrogens with one attached hydrogen (secondary N) is 1. The van der Waals surface area contributed by atoms with Gasteiger partial charge in [-0.25, -0.2) is 4.90 Å². The molecule has 0 spiro atoms. The van der Waals surface area contributed by atoms with Crippen LogP contribution in [-0.2, 0) is 16.2 Å². The van der Waals surface area contributed by atoms with Crippen LogP contribution in [0.2, 0.25) is 5.02 Å². The summed E-state index contributed by atoms with van der Waals surface area (Å²) in [5, 5.41) is 11.4. The minimum atomic E-state index is -0.815. The molecule has 1 fully saturated rings. The van der Waals surface area contributed by atoms with Crippen LogP contribution in [0.25, 0.3) is 0 Å². The number of thiazole rings is 1. The normalized spacial score (nSPS) is 19.6. The fourth-order valence-corrected chi connectivity index (χ4v) is 7.87. The standard InChI is InChI=1S/C28H20ClN3O7S2/c1-38-20-12-15(5-10-19(20)39-13-14-3-2-4-16(29)11-14)21-22-24(40-25-23(21)41-28(35)30-25)27(34)31(26(22)33)17-6-8-18(9-7-17)32(36)37/h2-12,21-22,24H,13H2,1H3,(H,30,35)/t21-,22+,24+/m0/s1. The van der Waals surface area contributed by atoms with Gasteiger partial charge in [-0.3, -0.25) is 24.5 Å². The van der Waals surface area contributed by atoms with Crippen molar-refractivity contribution in [1.82, 2.24) is 4.98 Å². The Labute approximate surface area is 246 Å². The molecule has 0 radical (unpaired) electrons. The van der Waals surface area contributed by atoms with Crippen LogP contribution in [0.4, 0.5) is 11.4 Å². The lowest BCUT2D eigenvalue weighted by Crippen LogP contribution is -2.32. The molecule has 208 valence electrons. The molecule has 10 nitrogen and oxygen atoms in total. The van der Waals surface area contributed by atoms with Gasteiger partial charge < -0.3 is 14.5 Å². The third-order valence-electron chi connectivity index (χ3n) is 6.97. The van der Waals surface area contributed by atoms with Crippen molar-refractivity contribution < 1.29 is 24.0 Å². The number of aromatic amines is 1. The van der Waals surface area contributed by atoms with Crippen LogP contribution in [-0.4, -0.2) is 34.1 Å². The van der Waals surface area contributed by atoms with E-state index in [1.54, 1.807) is 30.3 Å². The van der Waals surface area contributed by atoms with E-state index in [4.69, 9.17) is 21.1 Å². The molecule has 1 N–H and O–H groups in total. The summed E-state index contributed by atoms with van der Waals surface area (Å²) in [7, 11) is 1.51. The van der Waals surface area contributed by atoms with Gasteiger partial charge in [0.2, 0.25) is 11.8 Å². The molecule has 1 aromatic heterocycles. The molecular formula is C28H20ClN3O7S2. The maximum Gasteiger partial charge on any atom is 0.305 e. The van der Waals surface area contributed by atoms with E-state index >= 15 is 0 Å². The summed E-state index contributed by atoms with van der Waals surface area (Å²) in [5.74, 6) is -1.43. The zero-order valence-corrected chi connectivity index (χ0v) is 23.6. The average molecular weight is 610 g/mol. The number of nitrogens with zero attached hydrogens (tertiary/aromatic N) is 2. The highest BCUT2D eigenvalue weighted by atomic mass is 35.5. The molecule has 1 saturated heterocycles. The summed E-state index contributed by atoms with van der Waals surface area (Å²) in [5.41, 5.74) is 1.65. The highest BCUT2D eigenvalue weighted by Gasteiger charge is 2.56. The number of halogens is 1. The monoisotopic (exact) mass is 609 g/mol. The average Bonchev–Trinajstić information content (AvgIpc) is 3.46. The van der Waals surface area contributed by atoms with E-state index in [1.165, 1.54) is 31.4 Å². The maximum atomic E-state index is 13.9. The number of nitro groups is 1. The number of H-pyrrole nitrogens is 1. The fourth-order valence-electron chi connectivity index (χ4n) is 5.14. The minimum absolute atomic E-state index is 0.151. The zero-order valence-electron chi connectivity index (χ0n) is 21.2. The van der Waals surface area contributed by atoms with E-state index in [-0.39, 0.29) is 22.9 Å².